The second-order valence-electron chi connectivity index (χ2n) is 11.8. The van der Waals surface area contributed by atoms with E-state index in [1.54, 1.807) is 54.8 Å². The van der Waals surface area contributed by atoms with E-state index in [0.717, 1.165) is 5.57 Å². The van der Waals surface area contributed by atoms with Gasteiger partial charge in [-0.1, -0.05) is 39.0 Å². The fourth-order valence-corrected chi connectivity index (χ4v) is 4.52. The Kier molecular flexibility index (Phi) is 9.90. The zero-order chi connectivity index (χ0) is 32.0. The van der Waals surface area contributed by atoms with E-state index in [4.69, 9.17) is 4.74 Å². The Morgan fingerprint density at radius 2 is 2.00 bits per heavy atom. The van der Waals surface area contributed by atoms with Gasteiger partial charge in [0.15, 0.2) is 12.1 Å². The highest BCUT2D eigenvalue weighted by Gasteiger charge is 2.25. The van der Waals surface area contributed by atoms with E-state index in [1.807, 2.05) is 19.9 Å². The van der Waals surface area contributed by atoms with Gasteiger partial charge in [0, 0.05) is 37.7 Å². The molecule has 0 unspecified atom stereocenters. The summed E-state index contributed by atoms with van der Waals surface area (Å²) in [5.41, 5.74) is 6.55. The number of aldehydes is 1. The number of allylic oxidation sites excluding steroid dienone is 3. The molecule has 11 heteroatoms. The fourth-order valence-electron chi connectivity index (χ4n) is 4.52. The summed E-state index contributed by atoms with van der Waals surface area (Å²) >= 11 is 0. The van der Waals surface area contributed by atoms with Gasteiger partial charge in [-0.15, -0.1) is 0 Å². The summed E-state index contributed by atoms with van der Waals surface area (Å²) in [6.45, 7) is 15.9. The lowest BCUT2D eigenvalue weighted by Crippen LogP contribution is -2.47. The lowest BCUT2D eigenvalue weighted by Gasteiger charge is -2.33. The molecule has 0 spiro atoms. The standard InChI is InChI=1S/C33H39N7O4/c1-21(14-22(2)33(4,5)6)16-36-38-30-27(19-41)26(10-11-34-30)25-15-28(32(43)39(7)18-25)37-29-9-8-24(17-35-29)31(42)40-12-13-44-20-23(40)3/h8-11,14-19,23H,1,12-13,20H2,2-7H3,(H,34,38)(H,35,37)/b22-14+,36-16-/t23-/m1/s1. The monoisotopic (exact) mass is 597 g/mol. The van der Waals surface area contributed by atoms with Crippen LogP contribution in [0.5, 0.6) is 0 Å². The highest BCUT2D eigenvalue weighted by atomic mass is 16.5. The van der Waals surface area contributed by atoms with Crippen LogP contribution in [0.3, 0.4) is 0 Å². The molecule has 0 saturated carbocycles. The number of rotatable bonds is 9. The van der Waals surface area contributed by atoms with Crippen LogP contribution in [0.25, 0.3) is 11.1 Å². The van der Waals surface area contributed by atoms with Gasteiger partial charge in [0.1, 0.15) is 11.5 Å². The molecule has 1 atom stereocenters. The van der Waals surface area contributed by atoms with Crippen molar-refractivity contribution in [3.05, 3.63) is 88.1 Å². The predicted octanol–water partition coefficient (Wildman–Crippen LogP) is 5.21. The minimum Gasteiger partial charge on any atom is -0.377 e. The van der Waals surface area contributed by atoms with Crippen molar-refractivity contribution in [3.8, 4) is 11.1 Å². The van der Waals surface area contributed by atoms with E-state index in [1.165, 1.54) is 10.8 Å². The van der Waals surface area contributed by atoms with Gasteiger partial charge in [-0.25, -0.2) is 9.97 Å². The molecule has 0 bridgehead atoms. The van der Waals surface area contributed by atoms with Crippen LogP contribution in [0.15, 0.2) is 76.6 Å². The van der Waals surface area contributed by atoms with Crippen molar-refractivity contribution in [2.45, 2.75) is 40.7 Å². The third-order valence-electron chi connectivity index (χ3n) is 7.49. The molecule has 230 valence electrons. The number of hydrogen-bond donors (Lipinski definition) is 2. The van der Waals surface area contributed by atoms with Crippen molar-refractivity contribution in [2.75, 3.05) is 30.5 Å². The number of morpholine rings is 1. The Bertz CT molecular complexity index is 1670. The number of ether oxygens (including phenoxy) is 1. The van der Waals surface area contributed by atoms with Crippen LogP contribution in [-0.2, 0) is 11.8 Å². The van der Waals surface area contributed by atoms with Gasteiger partial charge in [0.25, 0.3) is 11.5 Å². The Balaban J connectivity index is 1.56. The van der Waals surface area contributed by atoms with Crippen molar-refractivity contribution < 1.29 is 14.3 Å². The third kappa shape index (κ3) is 7.54. The van der Waals surface area contributed by atoms with E-state index in [-0.39, 0.29) is 40.0 Å². The fraction of sp³-hybridized carbons (Fsp3) is 0.333. The van der Waals surface area contributed by atoms with Crippen molar-refractivity contribution in [1.82, 2.24) is 19.4 Å². The molecular weight excluding hydrogens is 558 g/mol. The second kappa shape index (κ2) is 13.6. The summed E-state index contributed by atoms with van der Waals surface area (Å²) in [6, 6.07) is 6.65. The predicted molar refractivity (Wildman–Crippen MR) is 174 cm³/mol. The third-order valence-corrected chi connectivity index (χ3v) is 7.49. The normalized spacial score (nSPS) is 15.7. The Hall–Kier alpha value is -4.90. The van der Waals surface area contributed by atoms with Crippen molar-refractivity contribution in [1.29, 1.82) is 0 Å². The number of aryl methyl sites for hydroxylation is 1. The first-order valence-corrected chi connectivity index (χ1v) is 14.3. The van der Waals surface area contributed by atoms with Gasteiger partial charge >= 0.3 is 0 Å². The number of pyridine rings is 3. The SMILES string of the molecule is C=C(/C=N\Nc1nccc(-c2cc(Nc3ccc(C(=O)N4CCOC[C@H]4C)cn3)c(=O)n(C)c2)c1C=O)/C=C(\C)C(C)(C)C. The summed E-state index contributed by atoms with van der Waals surface area (Å²) in [5, 5.41) is 7.28. The van der Waals surface area contributed by atoms with Gasteiger partial charge in [-0.3, -0.25) is 19.8 Å². The van der Waals surface area contributed by atoms with Crippen LogP contribution in [0.1, 0.15) is 55.3 Å². The van der Waals surface area contributed by atoms with Gasteiger partial charge in [-0.2, -0.15) is 5.10 Å². The molecule has 1 saturated heterocycles. The smallest absolute Gasteiger partial charge is 0.274 e. The summed E-state index contributed by atoms with van der Waals surface area (Å²) < 4.78 is 6.85. The zero-order valence-electron chi connectivity index (χ0n) is 26.0. The van der Waals surface area contributed by atoms with E-state index >= 15 is 0 Å². The van der Waals surface area contributed by atoms with Crippen LogP contribution in [0.2, 0.25) is 0 Å². The van der Waals surface area contributed by atoms with Gasteiger partial charge in [0.2, 0.25) is 0 Å². The first kappa shape index (κ1) is 32.0. The number of nitrogens with zero attached hydrogens (tertiary/aromatic N) is 5. The quantitative estimate of drug-likeness (QED) is 0.149. The maximum atomic E-state index is 13.0. The lowest BCUT2D eigenvalue weighted by molar-refractivity contribution is 0.00357. The van der Waals surface area contributed by atoms with Gasteiger partial charge in [0.05, 0.1) is 36.6 Å². The molecule has 11 nitrogen and oxygen atoms in total. The Morgan fingerprint density at radius 1 is 1.23 bits per heavy atom. The minimum atomic E-state index is -0.292. The number of carbonyl (C=O) groups is 2. The number of nitrogens with one attached hydrogen (secondary N) is 2. The highest BCUT2D eigenvalue weighted by molar-refractivity contribution is 5.95. The van der Waals surface area contributed by atoms with Crippen LogP contribution >= 0.6 is 0 Å². The zero-order valence-corrected chi connectivity index (χ0v) is 26.0. The van der Waals surface area contributed by atoms with Gasteiger partial charge in [-0.05, 0) is 54.7 Å². The molecule has 44 heavy (non-hydrogen) atoms. The average Bonchev–Trinajstić information content (AvgIpc) is 2.99. The molecule has 3 aromatic rings. The summed E-state index contributed by atoms with van der Waals surface area (Å²) in [6.07, 6.45) is 8.91. The maximum Gasteiger partial charge on any atom is 0.274 e. The first-order chi connectivity index (χ1) is 20.9. The minimum absolute atomic E-state index is 0.00862. The largest absolute Gasteiger partial charge is 0.377 e. The molecule has 3 aromatic heterocycles. The molecule has 1 amide bonds. The maximum absolute atomic E-state index is 13.0. The number of amides is 1. The molecule has 0 aliphatic carbocycles. The molecule has 4 rings (SSSR count). The molecule has 0 radical (unpaired) electrons. The van der Waals surface area contributed by atoms with E-state index in [2.05, 4.69) is 53.2 Å². The Morgan fingerprint density at radius 3 is 2.66 bits per heavy atom. The van der Waals surface area contributed by atoms with Gasteiger partial charge < -0.3 is 19.5 Å². The van der Waals surface area contributed by atoms with Crippen LogP contribution in [-0.4, -0.2) is 63.6 Å². The average molecular weight is 598 g/mol. The molecule has 0 aromatic carbocycles. The van der Waals surface area contributed by atoms with Crippen molar-refractivity contribution in [2.24, 2.45) is 17.6 Å². The number of hydrazone groups is 1. The first-order valence-electron chi connectivity index (χ1n) is 14.3. The van der Waals surface area contributed by atoms with Crippen LogP contribution < -0.4 is 16.3 Å². The summed E-state index contributed by atoms with van der Waals surface area (Å²) in [7, 11) is 1.62. The van der Waals surface area contributed by atoms with E-state index in [9.17, 15) is 14.4 Å². The van der Waals surface area contributed by atoms with Crippen molar-refractivity contribution >= 4 is 35.7 Å². The molecule has 1 aliphatic rings. The van der Waals surface area contributed by atoms with E-state index in [0.29, 0.717) is 54.1 Å². The second-order valence-corrected chi connectivity index (χ2v) is 11.8. The summed E-state index contributed by atoms with van der Waals surface area (Å²) in [4.78, 5) is 48.6. The molecule has 4 heterocycles. The number of aromatic nitrogens is 3. The molecule has 2 N–H and O–H groups in total. The Labute approximate surface area is 257 Å². The lowest BCUT2D eigenvalue weighted by atomic mass is 9.87. The number of hydrogen-bond acceptors (Lipinski definition) is 9. The van der Waals surface area contributed by atoms with E-state index < -0.39 is 0 Å². The summed E-state index contributed by atoms with van der Waals surface area (Å²) in [5.74, 6) is 0.535. The highest BCUT2D eigenvalue weighted by Crippen LogP contribution is 2.28. The van der Waals surface area contributed by atoms with Crippen LogP contribution in [0.4, 0.5) is 17.3 Å². The molecule has 1 fully saturated rings. The molecule has 1 aliphatic heterocycles. The number of anilines is 3. The number of carbonyl (C=O) groups excluding carboxylic acids is 2. The molecular formula is C33H39N7O4. The topological polar surface area (TPSA) is 131 Å². The van der Waals surface area contributed by atoms with Crippen LogP contribution in [0, 0.1) is 5.41 Å². The van der Waals surface area contributed by atoms with Crippen molar-refractivity contribution in [3.63, 3.8) is 0 Å².